The second kappa shape index (κ2) is 5.40. The van der Waals surface area contributed by atoms with E-state index in [0.717, 1.165) is 5.56 Å². The van der Waals surface area contributed by atoms with E-state index in [2.05, 4.69) is 31.2 Å². The van der Waals surface area contributed by atoms with Crippen molar-refractivity contribution in [2.75, 3.05) is 5.43 Å². The van der Waals surface area contributed by atoms with Crippen molar-refractivity contribution in [3.05, 3.63) is 42.0 Å². The van der Waals surface area contributed by atoms with Gasteiger partial charge in [-0.1, -0.05) is 41.5 Å². The van der Waals surface area contributed by atoms with E-state index < -0.39 is 0 Å². The first-order valence-corrected chi connectivity index (χ1v) is 4.69. The number of nitrogens with zero attached hydrogens (tertiary/aromatic N) is 4. The average molecular weight is 214 g/mol. The lowest BCUT2D eigenvalue weighted by atomic mass is 10.2. The summed E-state index contributed by atoms with van der Waals surface area (Å²) in [6, 6.07) is 9.96. The maximum atomic E-state index is 3.88. The van der Waals surface area contributed by atoms with E-state index in [0.29, 0.717) is 5.95 Å². The van der Waals surface area contributed by atoms with Crippen LogP contribution in [-0.2, 0) is 0 Å². The third kappa shape index (κ3) is 3.02. The third-order valence-corrected chi connectivity index (χ3v) is 1.76. The number of allylic oxidation sites excluding steroid dienone is 1. The summed E-state index contributed by atoms with van der Waals surface area (Å²) >= 11 is 0. The summed E-state index contributed by atoms with van der Waals surface area (Å²) in [5.41, 5.74) is 3.73. The van der Waals surface area contributed by atoms with Gasteiger partial charge in [-0.3, -0.25) is 0 Å². The Kier molecular flexibility index (Phi) is 3.38. The van der Waals surface area contributed by atoms with Gasteiger partial charge in [0.15, 0.2) is 0 Å². The second-order valence-corrected chi connectivity index (χ2v) is 2.90. The first-order chi connectivity index (χ1) is 7.95. The molecule has 1 aromatic carbocycles. The number of hydrazone groups is 1. The van der Waals surface area contributed by atoms with Gasteiger partial charge < -0.3 is 0 Å². The molecule has 6 nitrogen and oxygen atoms in total. The molecule has 16 heavy (non-hydrogen) atoms. The molecule has 0 radical (unpaired) electrons. The average Bonchev–Trinajstić information content (AvgIpc) is 2.83. The number of rotatable bonds is 4. The Hall–Kier alpha value is -2.50. The number of hydrogen-bond donors (Lipinski definition) is 2. The molecule has 0 atom stereocenters. The van der Waals surface area contributed by atoms with E-state index in [9.17, 15) is 0 Å². The Morgan fingerprint density at radius 3 is 2.88 bits per heavy atom. The number of nitrogens with one attached hydrogen (secondary N) is 2. The SMILES string of the molecule is C(/C=C/c1ccccc1)=N/Nc1nn[nH]n1. The Bertz CT molecular complexity index is 459. The van der Waals surface area contributed by atoms with Crippen molar-refractivity contribution in [1.29, 1.82) is 0 Å². The fourth-order valence-electron chi connectivity index (χ4n) is 1.07. The smallest absolute Gasteiger partial charge is 0.243 e. The van der Waals surface area contributed by atoms with E-state index in [1.54, 1.807) is 6.21 Å². The highest BCUT2D eigenvalue weighted by Gasteiger charge is 1.89. The van der Waals surface area contributed by atoms with Crippen molar-refractivity contribution in [3.8, 4) is 0 Å². The van der Waals surface area contributed by atoms with E-state index in [1.165, 1.54) is 0 Å². The van der Waals surface area contributed by atoms with Crippen LogP contribution in [0, 0.1) is 0 Å². The van der Waals surface area contributed by atoms with Gasteiger partial charge in [-0.2, -0.15) is 10.3 Å². The minimum atomic E-state index is 0.337. The van der Waals surface area contributed by atoms with Gasteiger partial charge in [-0.05, 0) is 16.9 Å². The summed E-state index contributed by atoms with van der Waals surface area (Å²) in [5, 5.41) is 16.9. The summed E-state index contributed by atoms with van der Waals surface area (Å²) in [6.45, 7) is 0. The number of aromatic nitrogens is 4. The molecule has 0 aliphatic heterocycles. The Morgan fingerprint density at radius 2 is 2.12 bits per heavy atom. The molecule has 80 valence electrons. The number of tetrazole rings is 1. The lowest BCUT2D eigenvalue weighted by Crippen LogP contribution is -1.90. The van der Waals surface area contributed by atoms with E-state index >= 15 is 0 Å². The molecular formula is C10H10N6. The molecule has 0 aliphatic carbocycles. The minimum absolute atomic E-state index is 0.337. The number of benzene rings is 1. The van der Waals surface area contributed by atoms with Crippen molar-refractivity contribution in [2.45, 2.75) is 0 Å². The molecule has 0 unspecified atom stereocenters. The highest BCUT2D eigenvalue weighted by molar-refractivity contribution is 5.78. The van der Waals surface area contributed by atoms with Gasteiger partial charge in [0.25, 0.3) is 5.95 Å². The molecule has 0 fully saturated rings. The highest BCUT2D eigenvalue weighted by atomic mass is 15.5. The lowest BCUT2D eigenvalue weighted by molar-refractivity contribution is 0.881. The topological polar surface area (TPSA) is 78.9 Å². The number of hydrogen-bond acceptors (Lipinski definition) is 5. The van der Waals surface area contributed by atoms with Crippen LogP contribution in [0.15, 0.2) is 41.5 Å². The van der Waals surface area contributed by atoms with E-state index in [4.69, 9.17) is 0 Å². The van der Waals surface area contributed by atoms with Crippen LogP contribution in [0.3, 0.4) is 0 Å². The first-order valence-electron chi connectivity index (χ1n) is 4.69. The Balaban J connectivity index is 1.83. The van der Waals surface area contributed by atoms with Crippen LogP contribution in [0.1, 0.15) is 5.56 Å². The van der Waals surface area contributed by atoms with Crippen LogP contribution in [0.2, 0.25) is 0 Å². The number of aromatic amines is 1. The van der Waals surface area contributed by atoms with Crippen LogP contribution in [0.25, 0.3) is 6.08 Å². The minimum Gasteiger partial charge on any atom is -0.243 e. The Morgan fingerprint density at radius 1 is 1.25 bits per heavy atom. The van der Waals surface area contributed by atoms with Crippen molar-refractivity contribution < 1.29 is 0 Å². The molecule has 2 N–H and O–H groups in total. The fraction of sp³-hybridized carbons (Fsp3) is 0. The molecule has 1 aromatic heterocycles. The van der Waals surface area contributed by atoms with Crippen LogP contribution in [0.4, 0.5) is 5.95 Å². The first kappa shape index (κ1) is 10.0. The van der Waals surface area contributed by atoms with Crippen LogP contribution in [0.5, 0.6) is 0 Å². The summed E-state index contributed by atoms with van der Waals surface area (Å²) in [6.07, 6.45) is 5.38. The number of H-pyrrole nitrogens is 1. The maximum Gasteiger partial charge on any atom is 0.283 e. The van der Waals surface area contributed by atoms with Crippen molar-refractivity contribution in [3.63, 3.8) is 0 Å². The zero-order chi connectivity index (χ0) is 11.1. The fourth-order valence-corrected chi connectivity index (χ4v) is 1.07. The van der Waals surface area contributed by atoms with Gasteiger partial charge in [0.1, 0.15) is 0 Å². The van der Waals surface area contributed by atoms with Gasteiger partial charge in [-0.15, -0.1) is 5.10 Å². The van der Waals surface area contributed by atoms with Crippen molar-refractivity contribution >= 4 is 18.2 Å². The summed E-state index contributed by atoms with van der Waals surface area (Å²) in [4.78, 5) is 0. The monoisotopic (exact) mass is 214 g/mol. The van der Waals surface area contributed by atoms with E-state index in [1.807, 2.05) is 42.5 Å². The maximum absolute atomic E-state index is 3.88. The molecule has 0 amide bonds. The second-order valence-electron chi connectivity index (χ2n) is 2.90. The molecule has 0 saturated heterocycles. The van der Waals surface area contributed by atoms with Gasteiger partial charge >= 0.3 is 0 Å². The van der Waals surface area contributed by atoms with Crippen molar-refractivity contribution in [2.24, 2.45) is 5.10 Å². The summed E-state index contributed by atoms with van der Waals surface area (Å²) in [7, 11) is 0. The predicted octanol–water partition coefficient (Wildman–Crippen LogP) is 1.31. The van der Waals surface area contributed by atoms with Gasteiger partial charge in [0, 0.05) is 6.21 Å². The lowest BCUT2D eigenvalue weighted by Gasteiger charge is -1.89. The van der Waals surface area contributed by atoms with Crippen LogP contribution in [-0.4, -0.2) is 26.8 Å². The zero-order valence-corrected chi connectivity index (χ0v) is 8.41. The third-order valence-electron chi connectivity index (χ3n) is 1.76. The molecule has 2 rings (SSSR count). The molecule has 2 aromatic rings. The van der Waals surface area contributed by atoms with Crippen LogP contribution >= 0.6 is 0 Å². The predicted molar refractivity (Wildman–Crippen MR) is 61.8 cm³/mol. The molecule has 6 heteroatoms. The molecule has 0 aliphatic rings. The molecule has 0 saturated carbocycles. The largest absolute Gasteiger partial charge is 0.283 e. The molecule has 0 bridgehead atoms. The van der Waals surface area contributed by atoms with Gasteiger partial charge in [-0.25, -0.2) is 5.43 Å². The number of anilines is 1. The quantitative estimate of drug-likeness (QED) is 0.594. The summed E-state index contributed by atoms with van der Waals surface area (Å²) < 4.78 is 0. The van der Waals surface area contributed by atoms with Gasteiger partial charge in [0.05, 0.1) is 0 Å². The van der Waals surface area contributed by atoms with Gasteiger partial charge in [0.2, 0.25) is 0 Å². The van der Waals surface area contributed by atoms with Crippen LogP contribution < -0.4 is 5.43 Å². The normalized spacial score (nSPS) is 11.2. The molecular weight excluding hydrogens is 204 g/mol. The molecule has 0 spiro atoms. The Labute approximate surface area is 92.1 Å². The van der Waals surface area contributed by atoms with E-state index in [-0.39, 0.29) is 0 Å². The summed E-state index contributed by atoms with van der Waals surface area (Å²) in [5.74, 6) is 0.337. The highest BCUT2D eigenvalue weighted by Crippen LogP contribution is 1.99. The zero-order valence-electron chi connectivity index (χ0n) is 8.41. The molecule has 1 heterocycles. The standard InChI is InChI=1S/C10H10N6/c1-2-5-9(6-3-1)7-4-8-11-12-10-13-15-16-14-10/h1-8H,(H2,12,13,14,15,16)/b7-4+,11-8-. The van der Waals surface area contributed by atoms with Crippen molar-refractivity contribution in [1.82, 2.24) is 20.6 Å².